The molecule has 6 heteroatoms. The molecule has 4 nitrogen and oxygen atoms in total. The van der Waals surface area contributed by atoms with E-state index in [0.717, 1.165) is 0 Å². The van der Waals surface area contributed by atoms with E-state index in [4.69, 9.17) is 10.5 Å². The minimum atomic E-state index is -2.81. The number of aromatic nitrogens is 1. The number of hydrogen-bond acceptors (Lipinski definition) is 4. The number of methoxy groups -OCH3 is 1. The molecule has 0 aliphatic carbocycles. The molecule has 1 heterocycles. The van der Waals surface area contributed by atoms with Crippen LogP contribution in [0.15, 0.2) is 6.07 Å². The molecule has 0 fully saturated rings. The molecule has 1 aromatic rings. The predicted octanol–water partition coefficient (Wildman–Crippen LogP) is 1.30. The number of carbonyl (C=O) groups excluding carboxylic acids is 1. The van der Waals surface area contributed by atoms with Crippen LogP contribution in [0.1, 0.15) is 28.0 Å². The molecule has 0 saturated heterocycles. The van der Waals surface area contributed by atoms with Crippen LogP contribution in [0.5, 0.6) is 5.88 Å². The Morgan fingerprint density at radius 1 is 1.67 bits per heavy atom. The second-order valence-electron chi connectivity index (χ2n) is 2.75. The van der Waals surface area contributed by atoms with Gasteiger partial charge in [0.1, 0.15) is 5.69 Å². The molecule has 0 aromatic carbocycles. The highest BCUT2D eigenvalue weighted by Gasteiger charge is 2.18. The summed E-state index contributed by atoms with van der Waals surface area (Å²) < 4.78 is 29.7. The van der Waals surface area contributed by atoms with Crippen molar-refractivity contribution in [2.24, 2.45) is 5.73 Å². The van der Waals surface area contributed by atoms with Crippen LogP contribution in [-0.2, 0) is 6.54 Å². The number of rotatable bonds is 4. The fraction of sp³-hybridized carbons (Fsp3) is 0.333. The molecule has 1 aromatic heterocycles. The summed E-state index contributed by atoms with van der Waals surface area (Å²) in [4.78, 5) is 14.1. The maximum Gasteiger partial charge on any atom is 0.281 e. The molecule has 0 bridgehead atoms. The zero-order chi connectivity index (χ0) is 11.4. The summed E-state index contributed by atoms with van der Waals surface area (Å²) in [5.74, 6) is 0.0263. The Kier molecular flexibility index (Phi) is 3.68. The number of alkyl halides is 2. The average Bonchev–Trinajstić information content (AvgIpc) is 2.26. The number of nitrogens with zero attached hydrogens (tertiary/aromatic N) is 1. The Labute approximate surface area is 85.1 Å². The van der Waals surface area contributed by atoms with E-state index < -0.39 is 12.1 Å². The summed E-state index contributed by atoms with van der Waals surface area (Å²) in [5, 5.41) is 0. The predicted molar refractivity (Wildman–Crippen MR) is 49.0 cm³/mol. The lowest BCUT2D eigenvalue weighted by Crippen LogP contribution is -2.07. The Morgan fingerprint density at radius 2 is 2.33 bits per heavy atom. The lowest BCUT2D eigenvalue weighted by molar-refractivity contribution is 0.110. The van der Waals surface area contributed by atoms with Crippen LogP contribution in [0, 0.1) is 0 Å². The highest BCUT2D eigenvalue weighted by molar-refractivity contribution is 5.77. The van der Waals surface area contributed by atoms with Crippen LogP contribution >= 0.6 is 0 Å². The molecule has 0 unspecified atom stereocenters. The first-order chi connectivity index (χ1) is 7.13. The lowest BCUT2D eigenvalue weighted by Gasteiger charge is -2.09. The monoisotopic (exact) mass is 216 g/mol. The highest BCUT2D eigenvalue weighted by Crippen LogP contribution is 2.25. The first-order valence-corrected chi connectivity index (χ1v) is 4.15. The number of ether oxygens (including phenoxy) is 1. The molecule has 15 heavy (non-hydrogen) atoms. The minimum Gasteiger partial charge on any atom is -0.481 e. The molecule has 0 saturated carbocycles. The van der Waals surface area contributed by atoms with Gasteiger partial charge in [-0.15, -0.1) is 0 Å². The van der Waals surface area contributed by atoms with Gasteiger partial charge >= 0.3 is 0 Å². The van der Waals surface area contributed by atoms with E-state index in [-0.39, 0.29) is 18.0 Å². The SMILES string of the molecule is COc1nc(C(F)F)c(C=O)cc1CN. The van der Waals surface area contributed by atoms with E-state index in [9.17, 15) is 13.6 Å². The number of halogens is 2. The molecule has 0 aliphatic rings. The van der Waals surface area contributed by atoms with Gasteiger partial charge in [0.05, 0.1) is 7.11 Å². The van der Waals surface area contributed by atoms with Gasteiger partial charge in [-0.1, -0.05) is 0 Å². The zero-order valence-corrected chi connectivity index (χ0v) is 8.04. The van der Waals surface area contributed by atoms with Gasteiger partial charge < -0.3 is 10.5 Å². The summed E-state index contributed by atoms with van der Waals surface area (Å²) in [6.45, 7) is 0.0700. The van der Waals surface area contributed by atoms with Gasteiger partial charge in [-0.2, -0.15) is 0 Å². The second kappa shape index (κ2) is 4.79. The van der Waals surface area contributed by atoms with E-state index >= 15 is 0 Å². The number of nitrogens with two attached hydrogens (primary N) is 1. The van der Waals surface area contributed by atoms with E-state index in [1.165, 1.54) is 13.2 Å². The third-order valence-corrected chi connectivity index (χ3v) is 1.87. The van der Waals surface area contributed by atoms with Gasteiger partial charge in [-0.05, 0) is 6.07 Å². The summed E-state index contributed by atoms with van der Waals surface area (Å²) in [6, 6.07) is 1.26. The van der Waals surface area contributed by atoms with Crippen molar-refractivity contribution < 1.29 is 18.3 Å². The molecular weight excluding hydrogens is 206 g/mol. The Morgan fingerprint density at radius 3 is 2.73 bits per heavy atom. The van der Waals surface area contributed by atoms with Crippen molar-refractivity contribution in [1.82, 2.24) is 4.98 Å². The molecule has 82 valence electrons. The fourth-order valence-corrected chi connectivity index (χ4v) is 1.16. The normalized spacial score (nSPS) is 10.5. The number of carbonyl (C=O) groups is 1. The van der Waals surface area contributed by atoms with Crippen LogP contribution in [0.2, 0.25) is 0 Å². The quantitative estimate of drug-likeness (QED) is 0.770. The number of pyridine rings is 1. The van der Waals surface area contributed by atoms with Crippen LogP contribution < -0.4 is 10.5 Å². The molecule has 1 rings (SSSR count). The standard InChI is InChI=1S/C9H10F2N2O2/c1-15-9-5(3-12)2-6(4-14)7(13-9)8(10)11/h2,4,8H,3,12H2,1H3. The lowest BCUT2D eigenvalue weighted by atomic mass is 10.1. The largest absolute Gasteiger partial charge is 0.481 e. The second-order valence-corrected chi connectivity index (χ2v) is 2.75. The maximum absolute atomic E-state index is 12.5. The highest BCUT2D eigenvalue weighted by atomic mass is 19.3. The smallest absolute Gasteiger partial charge is 0.281 e. The van der Waals surface area contributed by atoms with E-state index in [2.05, 4.69) is 4.98 Å². The van der Waals surface area contributed by atoms with Gasteiger partial charge in [0.25, 0.3) is 6.43 Å². The van der Waals surface area contributed by atoms with Crippen LogP contribution in [0.4, 0.5) is 8.78 Å². The van der Waals surface area contributed by atoms with E-state index in [0.29, 0.717) is 11.8 Å². The van der Waals surface area contributed by atoms with Gasteiger partial charge in [0.15, 0.2) is 6.29 Å². The van der Waals surface area contributed by atoms with Crippen LogP contribution in [0.25, 0.3) is 0 Å². The van der Waals surface area contributed by atoms with Gasteiger partial charge in [0, 0.05) is 17.7 Å². The summed E-state index contributed by atoms with van der Waals surface area (Å²) in [6.07, 6.45) is -2.49. The van der Waals surface area contributed by atoms with Crippen molar-refractivity contribution >= 4 is 6.29 Å². The molecule has 0 radical (unpaired) electrons. The topological polar surface area (TPSA) is 65.2 Å². The average molecular weight is 216 g/mol. The van der Waals surface area contributed by atoms with Crippen molar-refractivity contribution in [3.05, 3.63) is 22.9 Å². The van der Waals surface area contributed by atoms with Gasteiger partial charge in [-0.3, -0.25) is 4.79 Å². The van der Waals surface area contributed by atoms with Crippen molar-refractivity contribution in [3.8, 4) is 5.88 Å². The van der Waals surface area contributed by atoms with Crippen LogP contribution in [0.3, 0.4) is 0 Å². The van der Waals surface area contributed by atoms with E-state index in [1.54, 1.807) is 0 Å². The number of hydrogen-bond donors (Lipinski definition) is 1. The third-order valence-electron chi connectivity index (χ3n) is 1.87. The van der Waals surface area contributed by atoms with Crippen molar-refractivity contribution in [2.75, 3.05) is 7.11 Å². The van der Waals surface area contributed by atoms with Crippen LogP contribution in [-0.4, -0.2) is 18.4 Å². The van der Waals surface area contributed by atoms with E-state index in [1.807, 2.05) is 0 Å². The van der Waals surface area contributed by atoms with Crippen molar-refractivity contribution in [1.29, 1.82) is 0 Å². The van der Waals surface area contributed by atoms with Crippen molar-refractivity contribution in [2.45, 2.75) is 13.0 Å². The van der Waals surface area contributed by atoms with Crippen molar-refractivity contribution in [3.63, 3.8) is 0 Å². The molecule has 0 spiro atoms. The zero-order valence-electron chi connectivity index (χ0n) is 8.04. The van der Waals surface area contributed by atoms with Gasteiger partial charge in [0.2, 0.25) is 5.88 Å². The molecule has 0 amide bonds. The Bertz CT molecular complexity index is 369. The first-order valence-electron chi connectivity index (χ1n) is 4.15. The summed E-state index contributed by atoms with van der Waals surface area (Å²) >= 11 is 0. The maximum atomic E-state index is 12.5. The Balaban J connectivity index is 3.34. The fourth-order valence-electron chi connectivity index (χ4n) is 1.16. The minimum absolute atomic E-state index is 0.0263. The summed E-state index contributed by atoms with van der Waals surface area (Å²) in [7, 11) is 1.30. The Hall–Kier alpha value is -1.56. The summed E-state index contributed by atoms with van der Waals surface area (Å²) in [5.41, 5.74) is 5.03. The molecule has 0 atom stereocenters. The molecule has 0 aliphatic heterocycles. The molecule has 2 N–H and O–H groups in total. The number of aldehydes is 1. The third kappa shape index (κ3) is 2.27. The first kappa shape index (κ1) is 11.5. The van der Waals surface area contributed by atoms with Gasteiger partial charge in [-0.25, -0.2) is 13.8 Å². The molecular formula is C9H10F2N2O2.